The molecule has 0 aromatic carbocycles. The van der Waals surface area contributed by atoms with Crippen LogP contribution in [-0.2, 0) is 6.42 Å². The Kier molecular flexibility index (Phi) is 5.03. The Hall–Kier alpha value is -1.09. The van der Waals surface area contributed by atoms with E-state index in [4.69, 9.17) is 11.6 Å². The summed E-state index contributed by atoms with van der Waals surface area (Å²) in [5, 5.41) is 3.46. The Morgan fingerprint density at radius 3 is 2.70 bits per heavy atom. The van der Waals surface area contributed by atoms with Crippen LogP contribution in [0.15, 0.2) is 12.1 Å². The number of nitrogens with one attached hydrogen (secondary N) is 1. The molecule has 1 aromatic heterocycles. The van der Waals surface area contributed by atoms with E-state index in [1.54, 1.807) is 6.07 Å². The number of nitrogens with zero attached hydrogens (tertiary/aromatic N) is 1. The molecule has 1 N–H and O–H groups in total. The largest absolute Gasteiger partial charge is 0.351 e. The number of rotatable bonds is 6. The molecule has 4 heteroatoms. The molecular formula is C16H23ClN2O. The Labute approximate surface area is 126 Å². The SMILES string of the molecule is CCCc1cc(C(=O)NCC2(CC)CCC2)cc(Cl)n1. The number of aromatic nitrogens is 1. The summed E-state index contributed by atoms with van der Waals surface area (Å²) in [6, 6.07) is 3.50. The third-order valence-electron chi connectivity index (χ3n) is 4.40. The summed E-state index contributed by atoms with van der Waals surface area (Å²) in [6.45, 7) is 5.06. The van der Waals surface area contributed by atoms with Gasteiger partial charge in [-0.25, -0.2) is 4.98 Å². The normalized spacial score (nSPS) is 16.6. The van der Waals surface area contributed by atoms with Gasteiger partial charge in [-0.1, -0.05) is 38.3 Å². The zero-order chi connectivity index (χ0) is 14.6. The molecule has 1 fully saturated rings. The molecule has 1 aliphatic carbocycles. The molecule has 0 bridgehead atoms. The maximum Gasteiger partial charge on any atom is 0.251 e. The van der Waals surface area contributed by atoms with Gasteiger partial charge in [0.05, 0.1) is 0 Å². The minimum Gasteiger partial charge on any atom is -0.351 e. The van der Waals surface area contributed by atoms with Crippen molar-refractivity contribution in [1.29, 1.82) is 0 Å². The van der Waals surface area contributed by atoms with Crippen LogP contribution in [0.25, 0.3) is 0 Å². The predicted molar refractivity (Wildman–Crippen MR) is 82.2 cm³/mol. The minimum atomic E-state index is -0.0358. The highest BCUT2D eigenvalue weighted by Crippen LogP contribution is 2.43. The Bertz CT molecular complexity index is 478. The maximum atomic E-state index is 12.3. The summed E-state index contributed by atoms with van der Waals surface area (Å²) in [4.78, 5) is 16.5. The fraction of sp³-hybridized carbons (Fsp3) is 0.625. The lowest BCUT2D eigenvalue weighted by atomic mass is 9.67. The second-order valence-electron chi connectivity index (χ2n) is 5.81. The van der Waals surface area contributed by atoms with Crippen molar-refractivity contribution >= 4 is 17.5 Å². The first-order valence-electron chi connectivity index (χ1n) is 7.53. The Balaban J connectivity index is 2.01. The molecule has 2 rings (SSSR count). The second-order valence-corrected chi connectivity index (χ2v) is 6.20. The monoisotopic (exact) mass is 294 g/mol. The van der Waals surface area contributed by atoms with Gasteiger partial charge in [-0.2, -0.15) is 0 Å². The molecule has 1 saturated carbocycles. The maximum absolute atomic E-state index is 12.3. The number of pyridine rings is 1. The molecule has 20 heavy (non-hydrogen) atoms. The highest BCUT2D eigenvalue weighted by molar-refractivity contribution is 6.29. The van der Waals surface area contributed by atoms with Gasteiger partial charge in [-0.15, -0.1) is 0 Å². The van der Waals surface area contributed by atoms with Crippen LogP contribution in [-0.4, -0.2) is 17.4 Å². The van der Waals surface area contributed by atoms with Crippen molar-refractivity contribution in [2.45, 2.75) is 52.4 Å². The van der Waals surface area contributed by atoms with Gasteiger partial charge in [0.1, 0.15) is 5.15 Å². The van der Waals surface area contributed by atoms with Crippen LogP contribution >= 0.6 is 11.6 Å². The van der Waals surface area contributed by atoms with E-state index < -0.39 is 0 Å². The Morgan fingerprint density at radius 2 is 2.15 bits per heavy atom. The Morgan fingerprint density at radius 1 is 1.40 bits per heavy atom. The van der Waals surface area contributed by atoms with Crippen LogP contribution in [0.4, 0.5) is 0 Å². The van der Waals surface area contributed by atoms with Gasteiger partial charge in [0, 0.05) is 17.8 Å². The lowest BCUT2D eigenvalue weighted by Gasteiger charge is -2.41. The summed E-state index contributed by atoms with van der Waals surface area (Å²) >= 11 is 5.99. The predicted octanol–water partition coefficient (Wildman–Crippen LogP) is 4.00. The van der Waals surface area contributed by atoms with Crippen molar-refractivity contribution in [3.05, 3.63) is 28.5 Å². The molecule has 0 atom stereocenters. The molecule has 0 saturated heterocycles. The zero-order valence-corrected chi connectivity index (χ0v) is 13.1. The highest BCUT2D eigenvalue weighted by Gasteiger charge is 2.35. The lowest BCUT2D eigenvalue weighted by Crippen LogP contribution is -2.41. The standard InChI is InChI=1S/C16H23ClN2O/c1-3-6-13-9-12(10-14(17)19-13)15(20)18-11-16(4-2)7-5-8-16/h9-10H,3-8,11H2,1-2H3,(H,18,20). The highest BCUT2D eigenvalue weighted by atomic mass is 35.5. The first-order chi connectivity index (χ1) is 9.58. The van der Waals surface area contributed by atoms with Crippen molar-refractivity contribution in [3.63, 3.8) is 0 Å². The van der Waals surface area contributed by atoms with Crippen molar-refractivity contribution in [2.75, 3.05) is 6.54 Å². The first kappa shape index (κ1) is 15.3. The van der Waals surface area contributed by atoms with Crippen molar-refractivity contribution in [3.8, 4) is 0 Å². The zero-order valence-electron chi connectivity index (χ0n) is 12.3. The van der Waals surface area contributed by atoms with E-state index in [0.717, 1.165) is 31.5 Å². The van der Waals surface area contributed by atoms with Crippen LogP contribution in [0.3, 0.4) is 0 Å². The summed E-state index contributed by atoms with van der Waals surface area (Å²) in [5.74, 6) is -0.0358. The third kappa shape index (κ3) is 3.51. The third-order valence-corrected chi connectivity index (χ3v) is 4.60. The average Bonchev–Trinajstić information content (AvgIpc) is 2.37. The summed E-state index contributed by atoms with van der Waals surface area (Å²) in [7, 11) is 0. The molecule has 1 aromatic rings. The van der Waals surface area contributed by atoms with Gasteiger partial charge in [-0.3, -0.25) is 4.79 Å². The van der Waals surface area contributed by atoms with E-state index in [9.17, 15) is 4.79 Å². The number of hydrogen-bond donors (Lipinski definition) is 1. The van der Waals surface area contributed by atoms with Crippen molar-refractivity contribution < 1.29 is 4.79 Å². The second kappa shape index (κ2) is 6.57. The summed E-state index contributed by atoms with van der Waals surface area (Å²) in [6.07, 6.45) is 6.70. The van der Waals surface area contributed by atoms with Gasteiger partial charge >= 0.3 is 0 Å². The van der Waals surface area contributed by atoms with Crippen LogP contribution in [0, 0.1) is 5.41 Å². The van der Waals surface area contributed by atoms with Gasteiger partial charge in [0.25, 0.3) is 5.91 Å². The number of amides is 1. The minimum absolute atomic E-state index is 0.0358. The van der Waals surface area contributed by atoms with Gasteiger partial charge < -0.3 is 5.32 Å². The smallest absolute Gasteiger partial charge is 0.251 e. The van der Waals surface area contributed by atoms with E-state index in [1.807, 2.05) is 6.07 Å². The lowest BCUT2D eigenvalue weighted by molar-refractivity contribution is 0.0850. The van der Waals surface area contributed by atoms with Crippen LogP contribution in [0.1, 0.15) is 62.0 Å². The molecule has 0 spiro atoms. The average molecular weight is 295 g/mol. The molecule has 110 valence electrons. The van der Waals surface area contributed by atoms with Crippen LogP contribution in [0.2, 0.25) is 5.15 Å². The van der Waals surface area contributed by atoms with E-state index in [0.29, 0.717) is 16.1 Å². The number of aryl methyl sites for hydroxylation is 1. The van der Waals surface area contributed by atoms with E-state index >= 15 is 0 Å². The van der Waals surface area contributed by atoms with Crippen molar-refractivity contribution in [2.24, 2.45) is 5.41 Å². The fourth-order valence-corrected chi connectivity index (χ4v) is 2.99. The molecule has 3 nitrogen and oxygen atoms in total. The quantitative estimate of drug-likeness (QED) is 0.806. The topological polar surface area (TPSA) is 42.0 Å². The first-order valence-corrected chi connectivity index (χ1v) is 7.91. The molecule has 1 aliphatic rings. The molecule has 1 amide bonds. The summed E-state index contributed by atoms with van der Waals surface area (Å²) in [5.41, 5.74) is 1.84. The van der Waals surface area contributed by atoms with Gasteiger partial charge in [-0.05, 0) is 43.2 Å². The number of carbonyl (C=O) groups excluding carboxylic acids is 1. The molecule has 0 radical (unpaired) electrons. The van der Waals surface area contributed by atoms with E-state index in [-0.39, 0.29) is 5.91 Å². The van der Waals surface area contributed by atoms with Gasteiger partial charge in [0.2, 0.25) is 0 Å². The van der Waals surface area contributed by atoms with E-state index in [2.05, 4.69) is 24.1 Å². The fourth-order valence-electron chi connectivity index (χ4n) is 2.77. The molecule has 0 unspecified atom stereocenters. The number of carbonyl (C=O) groups is 1. The number of hydrogen-bond acceptors (Lipinski definition) is 2. The van der Waals surface area contributed by atoms with Crippen LogP contribution in [0.5, 0.6) is 0 Å². The van der Waals surface area contributed by atoms with Gasteiger partial charge in [0.15, 0.2) is 0 Å². The van der Waals surface area contributed by atoms with E-state index in [1.165, 1.54) is 19.3 Å². The van der Waals surface area contributed by atoms with Crippen LogP contribution < -0.4 is 5.32 Å². The molecule has 1 heterocycles. The molecular weight excluding hydrogens is 272 g/mol. The van der Waals surface area contributed by atoms with Crippen molar-refractivity contribution in [1.82, 2.24) is 10.3 Å². The summed E-state index contributed by atoms with van der Waals surface area (Å²) < 4.78 is 0. The number of halogens is 1. The molecule has 0 aliphatic heterocycles.